The molecule has 84 valence electrons. The summed E-state index contributed by atoms with van der Waals surface area (Å²) in [6.45, 7) is 1.95. The fourth-order valence-corrected chi connectivity index (χ4v) is 0.953. The average molecular weight is 213 g/mol. The number of nitriles is 1. The number of hydrogen-bond donors (Lipinski definition) is 2. The van der Waals surface area contributed by atoms with Crippen molar-refractivity contribution >= 4 is 12.0 Å². The molecule has 0 saturated heterocycles. The lowest BCUT2D eigenvalue weighted by Crippen LogP contribution is -2.42. The van der Waals surface area contributed by atoms with E-state index < -0.39 is 12.0 Å². The van der Waals surface area contributed by atoms with E-state index in [9.17, 15) is 9.59 Å². The second-order valence-corrected chi connectivity index (χ2v) is 3.28. The molecule has 0 bridgehead atoms. The van der Waals surface area contributed by atoms with Crippen LogP contribution in [0.1, 0.15) is 19.8 Å². The van der Waals surface area contributed by atoms with Crippen LogP contribution >= 0.6 is 0 Å². The van der Waals surface area contributed by atoms with Gasteiger partial charge in [0.25, 0.3) is 0 Å². The molecule has 0 heterocycles. The van der Waals surface area contributed by atoms with Crippen molar-refractivity contribution in [2.75, 3.05) is 13.6 Å². The maximum absolute atomic E-state index is 11.4. The fraction of sp³-hybridized carbons (Fsp3) is 0.667. The number of aliphatic carboxylic acids is 1. The molecule has 0 saturated carbocycles. The van der Waals surface area contributed by atoms with E-state index >= 15 is 0 Å². The Morgan fingerprint density at radius 3 is 2.67 bits per heavy atom. The van der Waals surface area contributed by atoms with Gasteiger partial charge in [0, 0.05) is 19.6 Å². The molecule has 2 N–H and O–H groups in total. The van der Waals surface area contributed by atoms with Crippen LogP contribution in [0.4, 0.5) is 4.79 Å². The maximum atomic E-state index is 11.4. The predicted molar refractivity (Wildman–Crippen MR) is 53.1 cm³/mol. The molecule has 0 aliphatic heterocycles. The Hall–Kier alpha value is -1.77. The highest BCUT2D eigenvalue weighted by molar-refractivity contribution is 5.75. The van der Waals surface area contributed by atoms with Gasteiger partial charge in [-0.05, 0) is 6.92 Å². The second kappa shape index (κ2) is 6.65. The Labute approximate surface area is 88.5 Å². The Balaban J connectivity index is 3.91. The normalized spacial score (nSPS) is 11.3. The van der Waals surface area contributed by atoms with Crippen LogP contribution in [0.15, 0.2) is 0 Å². The van der Waals surface area contributed by atoms with E-state index in [0.717, 1.165) is 0 Å². The lowest BCUT2D eigenvalue weighted by Gasteiger charge is -2.19. The van der Waals surface area contributed by atoms with Crippen LogP contribution in [0.25, 0.3) is 0 Å². The van der Waals surface area contributed by atoms with E-state index in [1.54, 1.807) is 14.0 Å². The van der Waals surface area contributed by atoms with Crippen LogP contribution in [-0.4, -0.2) is 41.6 Å². The third kappa shape index (κ3) is 6.32. The van der Waals surface area contributed by atoms with E-state index in [0.29, 0.717) is 6.54 Å². The molecule has 0 aromatic carbocycles. The Kier molecular flexibility index (Phi) is 5.86. The molecule has 6 heteroatoms. The monoisotopic (exact) mass is 213 g/mol. The minimum Gasteiger partial charge on any atom is -0.481 e. The van der Waals surface area contributed by atoms with Crippen molar-refractivity contribution in [3.63, 3.8) is 0 Å². The molecule has 0 radical (unpaired) electrons. The molecule has 0 aromatic heterocycles. The number of nitrogens with one attached hydrogen (secondary N) is 1. The van der Waals surface area contributed by atoms with Gasteiger partial charge >= 0.3 is 12.0 Å². The van der Waals surface area contributed by atoms with Crippen molar-refractivity contribution in [3.8, 4) is 6.07 Å². The molecule has 0 rings (SSSR count). The second-order valence-electron chi connectivity index (χ2n) is 3.28. The molecule has 1 atom stereocenters. The minimum atomic E-state index is -0.956. The van der Waals surface area contributed by atoms with Gasteiger partial charge in [0.2, 0.25) is 0 Å². The molecule has 15 heavy (non-hydrogen) atoms. The Bertz CT molecular complexity index is 272. The highest BCUT2D eigenvalue weighted by Crippen LogP contribution is 1.93. The van der Waals surface area contributed by atoms with Gasteiger partial charge in [-0.2, -0.15) is 5.26 Å². The van der Waals surface area contributed by atoms with Crippen molar-refractivity contribution in [1.29, 1.82) is 5.26 Å². The molecular formula is C9H15N3O3. The minimum absolute atomic E-state index is 0.113. The Morgan fingerprint density at radius 1 is 1.60 bits per heavy atom. The molecule has 1 unspecified atom stereocenters. The smallest absolute Gasteiger partial charge is 0.317 e. The number of carbonyl (C=O) groups is 2. The summed E-state index contributed by atoms with van der Waals surface area (Å²) in [5, 5.41) is 19.3. The first kappa shape index (κ1) is 13.2. The highest BCUT2D eigenvalue weighted by atomic mass is 16.4. The lowest BCUT2D eigenvalue weighted by molar-refractivity contribution is -0.137. The number of carboxylic acid groups (broad SMARTS) is 1. The molecule has 6 nitrogen and oxygen atoms in total. The fourth-order valence-electron chi connectivity index (χ4n) is 0.953. The summed E-state index contributed by atoms with van der Waals surface area (Å²) >= 11 is 0. The summed E-state index contributed by atoms with van der Waals surface area (Å²) in [5.41, 5.74) is 0. The average Bonchev–Trinajstić information content (AvgIpc) is 2.12. The summed E-state index contributed by atoms with van der Waals surface area (Å²) in [5.74, 6) is -0.956. The van der Waals surface area contributed by atoms with Gasteiger partial charge in [-0.1, -0.05) is 0 Å². The number of carboxylic acids is 1. The standard InChI is InChI=1S/C9H15N3O3/c1-7(6-8(13)14)11-9(15)12(2)5-3-4-10/h7H,3,5-6H2,1-2H3,(H,11,15)(H,13,14). The van der Waals surface area contributed by atoms with Crippen molar-refractivity contribution < 1.29 is 14.7 Å². The molecule has 0 spiro atoms. The summed E-state index contributed by atoms with van der Waals surface area (Å²) in [6.07, 6.45) is 0.148. The molecule has 0 fully saturated rings. The number of urea groups is 1. The number of carbonyl (C=O) groups excluding carboxylic acids is 1. The molecule has 2 amide bonds. The van der Waals surface area contributed by atoms with E-state index in [2.05, 4.69) is 5.32 Å². The van der Waals surface area contributed by atoms with Crippen molar-refractivity contribution in [2.24, 2.45) is 0 Å². The molecule has 0 aliphatic carbocycles. The van der Waals surface area contributed by atoms with Crippen molar-refractivity contribution in [1.82, 2.24) is 10.2 Å². The van der Waals surface area contributed by atoms with Gasteiger partial charge in [-0.15, -0.1) is 0 Å². The van der Waals surface area contributed by atoms with Gasteiger partial charge in [0.1, 0.15) is 0 Å². The van der Waals surface area contributed by atoms with E-state index in [1.165, 1.54) is 4.90 Å². The largest absolute Gasteiger partial charge is 0.481 e. The van der Waals surface area contributed by atoms with Crippen LogP contribution in [0.2, 0.25) is 0 Å². The van der Waals surface area contributed by atoms with Gasteiger partial charge in [-0.3, -0.25) is 4.79 Å². The summed E-state index contributed by atoms with van der Waals surface area (Å²) in [7, 11) is 1.56. The van der Waals surface area contributed by atoms with Crippen LogP contribution in [0.3, 0.4) is 0 Å². The SMILES string of the molecule is CC(CC(=O)O)NC(=O)N(C)CCC#N. The van der Waals surface area contributed by atoms with Gasteiger partial charge in [0.15, 0.2) is 0 Å². The van der Waals surface area contributed by atoms with Crippen LogP contribution in [0, 0.1) is 11.3 Å². The topological polar surface area (TPSA) is 93.4 Å². The van der Waals surface area contributed by atoms with Gasteiger partial charge in [0.05, 0.1) is 18.9 Å². The van der Waals surface area contributed by atoms with Crippen LogP contribution < -0.4 is 5.32 Å². The van der Waals surface area contributed by atoms with E-state index in [4.69, 9.17) is 10.4 Å². The zero-order chi connectivity index (χ0) is 11.8. The third-order valence-corrected chi connectivity index (χ3v) is 1.76. The summed E-state index contributed by atoms with van der Waals surface area (Å²) in [6, 6.07) is 1.14. The number of rotatable bonds is 5. The maximum Gasteiger partial charge on any atom is 0.317 e. The molecule has 0 aromatic rings. The van der Waals surface area contributed by atoms with Crippen molar-refractivity contribution in [2.45, 2.75) is 25.8 Å². The number of nitrogens with zero attached hydrogens (tertiary/aromatic N) is 2. The highest BCUT2D eigenvalue weighted by Gasteiger charge is 2.13. The quantitative estimate of drug-likeness (QED) is 0.691. The summed E-state index contributed by atoms with van der Waals surface area (Å²) < 4.78 is 0. The number of hydrogen-bond acceptors (Lipinski definition) is 3. The van der Waals surface area contributed by atoms with Gasteiger partial charge in [-0.25, -0.2) is 4.79 Å². The lowest BCUT2D eigenvalue weighted by atomic mass is 10.2. The zero-order valence-corrected chi connectivity index (χ0v) is 8.86. The van der Waals surface area contributed by atoms with Crippen LogP contribution in [0.5, 0.6) is 0 Å². The Morgan fingerprint density at radius 2 is 2.20 bits per heavy atom. The van der Waals surface area contributed by atoms with E-state index in [1.807, 2.05) is 6.07 Å². The van der Waals surface area contributed by atoms with Crippen LogP contribution in [-0.2, 0) is 4.79 Å². The summed E-state index contributed by atoms with van der Waals surface area (Å²) in [4.78, 5) is 23.0. The predicted octanol–water partition coefficient (Wildman–Crippen LogP) is 0.405. The first-order valence-corrected chi connectivity index (χ1v) is 4.57. The zero-order valence-electron chi connectivity index (χ0n) is 8.86. The van der Waals surface area contributed by atoms with Gasteiger partial charge < -0.3 is 15.3 Å². The molecular weight excluding hydrogens is 198 g/mol. The first-order valence-electron chi connectivity index (χ1n) is 4.57. The van der Waals surface area contributed by atoms with Crippen molar-refractivity contribution in [3.05, 3.63) is 0 Å². The third-order valence-electron chi connectivity index (χ3n) is 1.76. The van der Waals surface area contributed by atoms with E-state index in [-0.39, 0.29) is 18.9 Å². The first-order chi connectivity index (χ1) is 6.97. The number of amides is 2. The molecule has 0 aliphatic rings.